The third-order valence-electron chi connectivity index (χ3n) is 4.32. The minimum absolute atomic E-state index is 0.00943. The lowest BCUT2D eigenvalue weighted by molar-refractivity contribution is -0.0494. The van der Waals surface area contributed by atoms with Crippen LogP contribution in [0.25, 0.3) is 11.3 Å². The third kappa shape index (κ3) is 5.08. The lowest BCUT2D eigenvalue weighted by Crippen LogP contribution is -2.15. The number of thiazole rings is 1. The highest BCUT2D eigenvalue weighted by Gasteiger charge is 2.24. The molecule has 1 aromatic carbocycles. The molecular weight excluding hydrogens is 428 g/mol. The molecule has 2 heterocycles. The Balaban J connectivity index is 1.81. The van der Waals surface area contributed by atoms with E-state index in [1.54, 1.807) is 51.3 Å². The van der Waals surface area contributed by atoms with Gasteiger partial charge in [-0.3, -0.25) is 10.1 Å². The number of anilines is 1. The first-order chi connectivity index (χ1) is 14.7. The Bertz CT molecular complexity index is 1110. The summed E-state index contributed by atoms with van der Waals surface area (Å²) in [6.07, 6.45) is -0.288. The van der Waals surface area contributed by atoms with Crippen molar-refractivity contribution < 1.29 is 27.8 Å². The number of hydrogen-bond donors (Lipinski definition) is 2. The predicted molar refractivity (Wildman–Crippen MR) is 113 cm³/mol. The predicted octanol–water partition coefficient (Wildman–Crippen LogP) is 5.17. The molecule has 0 saturated carbocycles. The van der Waals surface area contributed by atoms with Gasteiger partial charge >= 0.3 is 12.6 Å². The number of aromatic amines is 1. The molecule has 7 nitrogen and oxygen atoms in total. The van der Waals surface area contributed by atoms with Crippen LogP contribution in [0.2, 0.25) is 0 Å². The molecule has 0 bridgehead atoms. The van der Waals surface area contributed by atoms with Crippen molar-refractivity contribution >= 4 is 28.3 Å². The van der Waals surface area contributed by atoms with Gasteiger partial charge in [-0.25, -0.2) is 9.78 Å². The summed E-state index contributed by atoms with van der Waals surface area (Å²) in [5, 5.41) is 4.56. The van der Waals surface area contributed by atoms with Crippen molar-refractivity contribution in [3.63, 3.8) is 0 Å². The number of nitrogens with one attached hydrogen (secondary N) is 2. The van der Waals surface area contributed by atoms with E-state index < -0.39 is 18.5 Å². The van der Waals surface area contributed by atoms with Gasteiger partial charge in [0.25, 0.3) is 5.91 Å². The average molecular weight is 449 g/mol. The van der Waals surface area contributed by atoms with Gasteiger partial charge in [-0.2, -0.15) is 8.78 Å². The van der Waals surface area contributed by atoms with Crippen molar-refractivity contribution in [2.24, 2.45) is 0 Å². The fraction of sp³-hybridized carbons (Fsp3) is 0.286. The van der Waals surface area contributed by atoms with Gasteiger partial charge in [0, 0.05) is 16.6 Å². The van der Waals surface area contributed by atoms with Crippen molar-refractivity contribution in [2.75, 3.05) is 5.32 Å². The standard InChI is InChI=1S/C21H21F2N3O4S/c1-10(2)29-19(28)16-11(3)17(24-12(16)4)18(27)26-21-25-14(9-31-21)13-7-5-6-8-15(13)30-20(22)23/h5-10,20,24H,1-4H3,(H,25,26,27). The number of rotatable bonds is 7. The highest BCUT2D eigenvalue weighted by molar-refractivity contribution is 7.14. The van der Waals surface area contributed by atoms with Gasteiger partial charge in [0.2, 0.25) is 0 Å². The Morgan fingerprint density at radius 1 is 1.19 bits per heavy atom. The van der Waals surface area contributed by atoms with Crippen LogP contribution < -0.4 is 10.1 Å². The Kier molecular flexibility index (Phi) is 6.69. The van der Waals surface area contributed by atoms with Crippen LogP contribution in [0.3, 0.4) is 0 Å². The number of esters is 1. The van der Waals surface area contributed by atoms with E-state index in [2.05, 4.69) is 20.0 Å². The van der Waals surface area contributed by atoms with Gasteiger partial charge in [-0.1, -0.05) is 12.1 Å². The molecule has 0 unspecified atom stereocenters. The third-order valence-corrected chi connectivity index (χ3v) is 5.07. The second kappa shape index (κ2) is 9.25. The second-order valence-electron chi connectivity index (χ2n) is 6.95. The minimum Gasteiger partial charge on any atom is -0.459 e. The Morgan fingerprint density at radius 3 is 2.58 bits per heavy atom. The van der Waals surface area contributed by atoms with Gasteiger partial charge in [0.1, 0.15) is 11.4 Å². The molecule has 0 aliphatic rings. The summed E-state index contributed by atoms with van der Waals surface area (Å²) >= 11 is 1.13. The topological polar surface area (TPSA) is 93.3 Å². The molecule has 0 saturated heterocycles. The molecule has 0 radical (unpaired) electrons. The lowest BCUT2D eigenvalue weighted by atomic mass is 10.1. The fourth-order valence-corrected chi connectivity index (χ4v) is 3.75. The zero-order chi connectivity index (χ0) is 22.7. The number of aryl methyl sites for hydroxylation is 1. The van der Waals surface area contributed by atoms with Crippen molar-refractivity contribution in [3.8, 4) is 17.0 Å². The molecule has 0 fully saturated rings. The number of ether oxygens (including phenoxy) is 2. The van der Waals surface area contributed by atoms with Crippen molar-refractivity contribution in [1.82, 2.24) is 9.97 Å². The van der Waals surface area contributed by atoms with E-state index in [1.807, 2.05) is 0 Å². The molecule has 2 aromatic heterocycles. The number of amides is 1. The van der Waals surface area contributed by atoms with Crippen LogP contribution >= 0.6 is 11.3 Å². The zero-order valence-corrected chi connectivity index (χ0v) is 18.1. The SMILES string of the molecule is Cc1[nH]c(C(=O)Nc2nc(-c3ccccc3OC(F)F)cs2)c(C)c1C(=O)OC(C)C. The maximum atomic E-state index is 12.8. The number of carbonyl (C=O) groups excluding carboxylic acids is 2. The number of nitrogens with zero attached hydrogens (tertiary/aromatic N) is 1. The molecule has 0 aliphatic heterocycles. The minimum atomic E-state index is -2.96. The number of alkyl halides is 2. The Morgan fingerprint density at radius 2 is 1.90 bits per heavy atom. The first-order valence-corrected chi connectivity index (χ1v) is 10.3. The molecule has 0 atom stereocenters. The largest absolute Gasteiger partial charge is 0.459 e. The summed E-state index contributed by atoms with van der Waals surface area (Å²) in [5.74, 6) is -1.00. The second-order valence-corrected chi connectivity index (χ2v) is 7.80. The number of hydrogen-bond acceptors (Lipinski definition) is 6. The first kappa shape index (κ1) is 22.4. The summed E-state index contributed by atoms with van der Waals surface area (Å²) in [6.45, 7) is 3.86. The van der Waals surface area contributed by atoms with Gasteiger partial charge in [-0.15, -0.1) is 11.3 Å². The molecule has 31 heavy (non-hydrogen) atoms. The van der Waals surface area contributed by atoms with Gasteiger partial charge in [0.15, 0.2) is 5.13 Å². The molecule has 3 aromatic rings. The molecule has 0 aliphatic carbocycles. The zero-order valence-electron chi connectivity index (χ0n) is 17.3. The first-order valence-electron chi connectivity index (χ1n) is 9.38. The van der Waals surface area contributed by atoms with Crippen LogP contribution in [-0.2, 0) is 4.74 Å². The number of para-hydroxylation sites is 1. The summed E-state index contributed by atoms with van der Waals surface area (Å²) in [7, 11) is 0. The van der Waals surface area contributed by atoms with Crippen molar-refractivity contribution in [3.05, 3.63) is 52.2 Å². The Hall–Kier alpha value is -3.27. The number of benzene rings is 1. The molecule has 10 heteroatoms. The molecule has 2 N–H and O–H groups in total. The average Bonchev–Trinajstić information content (AvgIpc) is 3.25. The van der Waals surface area contributed by atoms with E-state index in [1.165, 1.54) is 6.07 Å². The fourth-order valence-electron chi connectivity index (χ4n) is 3.05. The number of halogens is 2. The van der Waals surface area contributed by atoms with E-state index in [4.69, 9.17) is 4.74 Å². The normalized spacial score (nSPS) is 11.1. The van der Waals surface area contributed by atoms with Crippen molar-refractivity contribution in [2.45, 2.75) is 40.4 Å². The van der Waals surface area contributed by atoms with E-state index >= 15 is 0 Å². The maximum Gasteiger partial charge on any atom is 0.387 e. The molecule has 164 valence electrons. The number of H-pyrrole nitrogens is 1. The van der Waals surface area contributed by atoms with Gasteiger partial charge < -0.3 is 14.5 Å². The number of carbonyl (C=O) groups is 2. The van der Waals surface area contributed by atoms with Crippen molar-refractivity contribution in [1.29, 1.82) is 0 Å². The van der Waals surface area contributed by atoms with Crippen LogP contribution in [0, 0.1) is 13.8 Å². The van der Waals surface area contributed by atoms with Gasteiger partial charge in [0.05, 0.1) is 17.4 Å². The van der Waals surface area contributed by atoms with Crippen LogP contribution in [0.15, 0.2) is 29.6 Å². The van der Waals surface area contributed by atoms with Crippen LogP contribution in [0.4, 0.5) is 13.9 Å². The van der Waals surface area contributed by atoms with Crippen LogP contribution in [-0.4, -0.2) is 34.6 Å². The van der Waals surface area contributed by atoms with E-state index in [-0.39, 0.29) is 22.7 Å². The smallest absolute Gasteiger partial charge is 0.387 e. The highest BCUT2D eigenvalue weighted by Crippen LogP contribution is 2.33. The highest BCUT2D eigenvalue weighted by atomic mass is 32.1. The summed E-state index contributed by atoms with van der Waals surface area (Å²) < 4.78 is 35.1. The summed E-state index contributed by atoms with van der Waals surface area (Å²) in [4.78, 5) is 32.3. The molecule has 1 amide bonds. The van der Waals surface area contributed by atoms with E-state index in [9.17, 15) is 18.4 Å². The molecule has 0 spiro atoms. The van der Waals surface area contributed by atoms with Crippen LogP contribution in [0.1, 0.15) is 46.0 Å². The monoisotopic (exact) mass is 449 g/mol. The number of aromatic nitrogens is 2. The Labute approximate surface area is 181 Å². The molecule has 3 rings (SSSR count). The molecular formula is C21H21F2N3O4S. The quantitative estimate of drug-likeness (QED) is 0.485. The van der Waals surface area contributed by atoms with E-state index in [0.717, 1.165) is 11.3 Å². The van der Waals surface area contributed by atoms with Crippen LogP contribution in [0.5, 0.6) is 5.75 Å². The lowest BCUT2D eigenvalue weighted by Gasteiger charge is -2.08. The summed E-state index contributed by atoms with van der Waals surface area (Å²) in [6, 6.07) is 6.27. The van der Waals surface area contributed by atoms with Gasteiger partial charge in [-0.05, 0) is 45.4 Å². The maximum absolute atomic E-state index is 12.8. The summed E-state index contributed by atoms with van der Waals surface area (Å²) in [5.41, 5.74) is 2.28. The van der Waals surface area contributed by atoms with E-state index in [0.29, 0.717) is 28.1 Å².